The number of carbonyl (C=O) groups excluding carboxylic acids is 1. The van der Waals surface area contributed by atoms with Crippen molar-refractivity contribution in [3.05, 3.63) is 89.9 Å². The average molecular weight is 426 g/mol. The Bertz CT molecular complexity index is 1310. The van der Waals surface area contributed by atoms with Crippen LogP contribution in [0.15, 0.2) is 73.1 Å². The highest BCUT2D eigenvalue weighted by molar-refractivity contribution is 5.82. The number of rotatable bonds is 3. The number of amides is 1. The van der Waals surface area contributed by atoms with Gasteiger partial charge < -0.3 is 18.9 Å². The Morgan fingerprint density at radius 3 is 2.53 bits per heavy atom. The molecule has 2 aromatic heterocycles. The van der Waals surface area contributed by atoms with Crippen LogP contribution in [-0.4, -0.2) is 37.9 Å². The highest BCUT2D eigenvalue weighted by Crippen LogP contribution is 2.34. The molecular weight excluding hydrogens is 404 g/mol. The first-order valence-corrected chi connectivity index (χ1v) is 10.7. The molecule has 7 heteroatoms. The van der Waals surface area contributed by atoms with Gasteiger partial charge in [-0.2, -0.15) is 5.10 Å². The molecule has 1 atom stereocenters. The van der Waals surface area contributed by atoms with Crippen molar-refractivity contribution >= 4 is 5.91 Å². The van der Waals surface area contributed by atoms with Gasteiger partial charge in [0, 0.05) is 18.0 Å². The van der Waals surface area contributed by atoms with Crippen LogP contribution in [0.3, 0.4) is 0 Å². The van der Waals surface area contributed by atoms with E-state index < -0.39 is 6.10 Å². The number of carbonyl (C=O) groups is 1. The van der Waals surface area contributed by atoms with Crippen molar-refractivity contribution < 1.29 is 14.3 Å². The van der Waals surface area contributed by atoms with Crippen molar-refractivity contribution in [3.8, 4) is 23.0 Å². The highest BCUT2D eigenvalue weighted by Gasteiger charge is 2.37. The van der Waals surface area contributed by atoms with Gasteiger partial charge in [0.1, 0.15) is 12.4 Å². The number of fused-ring (bicyclic) bond motifs is 2. The summed E-state index contributed by atoms with van der Waals surface area (Å²) < 4.78 is 15.7. The van der Waals surface area contributed by atoms with E-state index in [1.54, 1.807) is 4.90 Å². The maximum Gasteiger partial charge on any atom is 0.267 e. The number of aryl methyl sites for hydroxylation is 1. The molecule has 2 aliphatic heterocycles. The molecule has 160 valence electrons. The molecule has 6 rings (SSSR count). The second-order valence-electron chi connectivity index (χ2n) is 8.10. The van der Waals surface area contributed by atoms with Crippen LogP contribution in [0.1, 0.15) is 16.8 Å². The van der Waals surface area contributed by atoms with Gasteiger partial charge >= 0.3 is 0 Å². The van der Waals surface area contributed by atoms with Gasteiger partial charge in [-0.05, 0) is 42.8 Å². The molecule has 0 saturated heterocycles. The summed E-state index contributed by atoms with van der Waals surface area (Å²) >= 11 is 0. The minimum atomic E-state index is -0.660. The monoisotopic (exact) mass is 426 g/mol. The first-order valence-electron chi connectivity index (χ1n) is 10.7. The van der Waals surface area contributed by atoms with E-state index in [9.17, 15) is 4.79 Å². The third kappa shape index (κ3) is 2.97. The second-order valence-corrected chi connectivity index (χ2v) is 8.10. The summed E-state index contributed by atoms with van der Waals surface area (Å²) in [7, 11) is 0. The number of para-hydroxylation sites is 3. The maximum atomic E-state index is 13.3. The van der Waals surface area contributed by atoms with E-state index in [0.29, 0.717) is 24.6 Å². The zero-order chi connectivity index (χ0) is 21.7. The molecule has 4 heterocycles. The predicted molar refractivity (Wildman–Crippen MR) is 118 cm³/mol. The summed E-state index contributed by atoms with van der Waals surface area (Å²) in [4.78, 5) is 15.1. The molecule has 0 N–H and O–H groups in total. The van der Waals surface area contributed by atoms with Crippen LogP contribution in [-0.2, 0) is 17.9 Å². The Kier molecular flexibility index (Phi) is 4.28. The van der Waals surface area contributed by atoms with Gasteiger partial charge in [0.2, 0.25) is 6.10 Å². The van der Waals surface area contributed by atoms with Crippen LogP contribution < -0.4 is 9.47 Å². The number of benzene rings is 2. The van der Waals surface area contributed by atoms with Gasteiger partial charge in [-0.1, -0.05) is 30.3 Å². The molecule has 2 aliphatic rings. The Morgan fingerprint density at radius 1 is 0.969 bits per heavy atom. The molecule has 0 aliphatic carbocycles. The van der Waals surface area contributed by atoms with Gasteiger partial charge in [0.05, 0.1) is 24.5 Å². The molecule has 4 aromatic rings. The lowest BCUT2D eigenvalue weighted by atomic mass is 10.2. The van der Waals surface area contributed by atoms with Crippen molar-refractivity contribution in [1.29, 1.82) is 0 Å². The first-order chi connectivity index (χ1) is 15.7. The van der Waals surface area contributed by atoms with Gasteiger partial charge in [0.15, 0.2) is 11.5 Å². The van der Waals surface area contributed by atoms with Crippen molar-refractivity contribution in [2.24, 2.45) is 0 Å². The minimum absolute atomic E-state index is 0.0848. The number of ether oxygens (including phenoxy) is 2. The van der Waals surface area contributed by atoms with Gasteiger partial charge in [-0.25, -0.2) is 4.68 Å². The van der Waals surface area contributed by atoms with Crippen LogP contribution in [0.5, 0.6) is 11.5 Å². The summed E-state index contributed by atoms with van der Waals surface area (Å²) in [5.74, 6) is 2.15. The van der Waals surface area contributed by atoms with Crippen LogP contribution in [0, 0.1) is 6.92 Å². The largest absolute Gasteiger partial charge is 0.485 e. The summed E-state index contributed by atoms with van der Waals surface area (Å²) in [6.45, 7) is 3.21. The SMILES string of the molecule is Cc1ccccc1-n1nc2c(c1-n1cccc1)CN(C(=O)C1COc3ccccc3O1)C2. The molecule has 0 radical (unpaired) electrons. The third-order valence-electron chi connectivity index (χ3n) is 6.02. The smallest absolute Gasteiger partial charge is 0.267 e. The number of nitrogens with zero attached hydrogens (tertiary/aromatic N) is 4. The number of hydrogen-bond acceptors (Lipinski definition) is 4. The lowest BCUT2D eigenvalue weighted by molar-refractivity contribution is -0.141. The second kappa shape index (κ2) is 7.30. The summed E-state index contributed by atoms with van der Waals surface area (Å²) in [6, 6.07) is 19.6. The zero-order valence-corrected chi connectivity index (χ0v) is 17.6. The fraction of sp³-hybridized carbons (Fsp3) is 0.200. The molecular formula is C25H22N4O3. The quantitative estimate of drug-likeness (QED) is 0.502. The standard InChI is InChI=1S/C25H22N4O3/c1-17-8-2-3-9-20(17)29-24(27-12-6-7-13-27)18-14-28(15-19(18)26-29)25(30)23-16-31-21-10-4-5-11-22(21)32-23/h2-13,23H,14-16H2,1H3. The highest BCUT2D eigenvalue weighted by atomic mass is 16.6. The van der Waals surface area contributed by atoms with Crippen molar-refractivity contribution in [3.63, 3.8) is 0 Å². The minimum Gasteiger partial charge on any atom is -0.485 e. The molecule has 0 spiro atoms. The van der Waals surface area contributed by atoms with Gasteiger partial charge in [-0.15, -0.1) is 0 Å². The van der Waals surface area contributed by atoms with Crippen molar-refractivity contribution in [2.75, 3.05) is 6.61 Å². The summed E-state index contributed by atoms with van der Waals surface area (Å²) in [5.41, 5.74) is 4.13. The van der Waals surface area contributed by atoms with E-state index in [2.05, 4.69) is 23.6 Å². The van der Waals surface area contributed by atoms with E-state index >= 15 is 0 Å². The van der Waals surface area contributed by atoms with Crippen molar-refractivity contribution in [2.45, 2.75) is 26.1 Å². The molecule has 0 bridgehead atoms. The molecule has 1 amide bonds. The maximum absolute atomic E-state index is 13.3. The normalized spacial score (nSPS) is 16.8. The third-order valence-corrected chi connectivity index (χ3v) is 6.02. The lowest BCUT2D eigenvalue weighted by Crippen LogP contribution is -2.44. The fourth-order valence-electron chi connectivity index (χ4n) is 4.41. The Labute approximate surface area is 185 Å². The van der Waals surface area contributed by atoms with Gasteiger partial charge in [-0.3, -0.25) is 4.79 Å². The van der Waals surface area contributed by atoms with E-state index in [1.165, 1.54) is 0 Å². The zero-order valence-electron chi connectivity index (χ0n) is 17.6. The summed E-state index contributed by atoms with van der Waals surface area (Å²) in [5, 5.41) is 4.92. The summed E-state index contributed by atoms with van der Waals surface area (Å²) in [6.07, 6.45) is 3.35. The van der Waals surface area contributed by atoms with Crippen LogP contribution in [0.25, 0.3) is 11.5 Å². The molecule has 2 aromatic carbocycles. The molecule has 32 heavy (non-hydrogen) atoms. The average Bonchev–Trinajstić information content (AvgIpc) is 3.55. The predicted octanol–water partition coefficient (Wildman–Crippen LogP) is 3.65. The fourth-order valence-corrected chi connectivity index (χ4v) is 4.41. The van der Waals surface area contributed by atoms with E-state index in [0.717, 1.165) is 28.3 Å². The number of hydrogen-bond donors (Lipinski definition) is 0. The van der Waals surface area contributed by atoms with E-state index in [-0.39, 0.29) is 12.5 Å². The lowest BCUT2D eigenvalue weighted by Gasteiger charge is -2.28. The Balaban J connectivity index is 1.32. The molecule has 1 unspecified atom stereocenters. The van der Waals surface area contributed by atoms with E-state index in [4.69, 9.17) is 14.6 Å². The van der Waals surface area contributed by atoms with Crippen LogP contribution in [0.2, 0.25) is 0 Å². The van der Waals surface area contributed by atoms with Gasteiger partial charge in [0.25, 0.3) is 5.91 Å². The first kappa shape index (κ1) is 18.7. The Morgan fingerprint density at radius 2 is 1.72 bits per heavy atom. The molecule has 0 fully saturated rings. The topological polar surface area (TPSA) is 61.5 Å². The molecule has 0 saturated carbocycles. The number of aromatic nitrogens is 3. The van der Waals surface area contributed by atoms with Crippen LogP contribution in [0.4, 0.5) is 0 Å². The van der Waals surface area contributed by atoms with Crippen molar-refractivity contribution in [1.82, 2.24) is 19.2 Å². The molecule has 7 nitrogen and oxygen atoms in total. The van der Waals surface area contributed by atoms with E-state index in [1.807, 2.05) is 65.6 Å². The Hall–Kier alpha value is -4.00. The van der Waals surface area contributed by atoms with Crippen LogP contribution >= 0.6 is 0 Å².